The van der Waals surface area contributed by atoms with Crippen LogP contribution in [0.2, 0.25) is 0 Å². The average molecular weight is 229 g/mol. The predicted octanol–water partition coefficient (Wildman–Crippen LogP) is 1.95. The van der Waals surface area contributed by atoms with Gasteiger partial charge < -0.3 is 10.5 Å². The molecule has 3 rings (SSSR count). The van der Waals surface area contributed by atoms with Crippen molar-refractivity contribution in [3.05, 3.63) is 35.5 Å². The second kappa shape index (κ2) is 3.80. The van der Waals surface area contributed by atoms with Gasteiger partial charge in [0.25, 0.3) is 0 Å². The lowest BCUT2D eigenvalue weighted by atomic mass is 10.2. The van der Waals surface area contributed by atoms with Gasteiger partial charge in [0.2, 0.25) is 0 Å². The van der Waals surface area contributed by atoms with E-state index < -0.39 is 0 Å². The quantitative estimate of drug-likeness (QED) is 0.856. The molecule has 0 saturated carbocycles. The molecule has 0 saturated heterocycles. The maximum absolute atomic E-state index is 5.94. The highest BCUT2D eigenvalue weighted by Crippen LogP contribution is 2.29. The first-order valence-electron chi connectivity index (χ1n) is 5.80. The van der Waals surface area contributed by atoms with Crippen LogP contribution < -0.4 is 10.5 Å². The van der Waals surface area contributed by atoms with Crippen LogP contribution in [0.3, 0.4) is 0 Å². The summed E-state index contributed by atoms with van der Waals surface area (Å²) >= 11 is 0. The Morgan fingerprint density at radius 3 is 3.06 bits per heavy atom. The monoisotopic (exact) mass is 229 g/mol. The van der Waals surface area contributed by atoms with Crippen molar-refractivity contribution >= 4 is 5.82 Å². The van der Waals surface area contributed by atoms with Gasteiger partial charge in [0, 0.05) is 17.3 Å². The smallest absolute Gasteiger partial charge is 0.149 e. The number of ether oxygens (including phenoxy) is 1. The van der Waals surface area contributed by atoms with Gasteiger partial charge in [0.1, 0.15) is 11.6 Å². The molecule has 1 aliphatic rings. The van der Waals surface area contributed by atoms with Crippen molar-refractivity contribution in [3.63, 3.8) is 0 Å². The Hall–Kier alpha value is -1.97. The van der Waals surface area contributed by atoms with Crippen molar-refractivity contribution in [1.29, 1.82) is 0 Å². The van der Waals surface area contributed by atoms with Gasteiger partial charge in [-0.1, -0.05) is 6.07 Å². The van der Waals surface area contributed by atoms with Crippen molar-refractivity contribution in [2.75, 3.05) is 12.8 Å². The molecule has 0 amide bonds. The largest absolute Gasteiger partial charge is 0.497 e. The summed E-state index contributed by atoms with van der Waals surface area (Å²) in [6, 6.07) is 7.89. The molecule has 4 heteroatoms. The molecule has 0 atom stereocenters. The van der Waals surface area contributed by atoms with Gasteiger partial charge in [-0.05, 0) is 31.4 Å². The van der Waals surface area contributed by atoms with Crippen LogP contribution in [-0.2, 0) is 12.8 Å². The van der Waals surface area contributed by atoms with E-state index in [2.05, 4.69) is 5.10 Å². The van der Waals surface area contributed by atoms with Gasteiger partial charge in [-0.25, -0.2) is 4.68 Å². The number of aromatic nitrogens is 2. The predicted molar refractivity (Wildman–Crippen MR) is 66.6 cm³/mol. The van der Waals surface area contributed by atoms with Crippen LogP contribution in [0.4, 0.5) is 5.82 Å². The van der Waals surface area contributed by atoms with Gasteiger partial charge >= 0.3 is 0 Å². The number of hydrogen-bond donors (Lipinski definition) is 1. The number of fused-ring (bicyclic) bond motifs is 1. The number of methoxy groups -OCH3 is 1. The molecule has 0 radical (unpaired) electrons. The zero-order valence-corrected chi connectivity index (χ0v) is 9.81. The van der Waals surface area contributed by atoms with Crippen molar-refractivity contribution in [2.45, 2.75) is 19.3 Å². The number of benzene rings is 1. The first-order valence-corrected chi connectivity index (χ1v) is 5.80. The minimum absolute atomic E-state index is 0.667. The Morgan fingerprint density at radius 1 is 1.35 bits per heavy atom. The van der Waals surface area contributed by atoms with Gasteiger partial charge in [-0.3, -0.25) is 0 Å². The van der Waals surface area contributed by atoms with E-state index in [1.807, 2.05) is 28.9 Å². The number of nitrogens with zero attached hydrogens (tertiary/aromatic N) is 2. The molecular formula is C13H15N3O. The molecule has 88 valence electrons. The van der Waals surface area contributed by atoms with E-state index in [4.69, 9.17) is 10.5 Å². The van der Waals surface area contributed by atoms with E-state index in [-0.39, 0.29) is 0 Å². The Kier molecular flexibility index (Phi) is 2.28. The van der Waals surface area contributed by atoms with Crippen LogP contribution in [0.15, 0.2) is 24.3 Å². The minimum Gasteiger partial charge on any atom is -0.497 e. The molecule has 0 spiro atoms. The normalized spacial score (nSPS) is 13.7. The lowest BCUT2D eigenvalue weighted by molar-refractivity contribution is 0.414. The fourth-order valence-electron chi connectivity index (χ4n) is 2.42. The third kappa shape index (κ3) is 1.56. The SMILES string of the molecule is COc1cccc(-n2nc(N)c3c2CCC3)c1. The first-order chi connectivity index (χ1) is 8.29. The van der Waals surface area contributed by atoms with E-state index in [9.17, 15) is 0 Å². The molecule has 0 aliphatic heterocycles. The molecule has 1 aromatic carbocycles. The molecule has 4 nitrogen and oxygen atoms in total. The van der Waals surface area contributed by atoms with Gasteiger partial charge in [0.15, 0.2) is 0 Å². The zero-order chi connectivity index (χ0) is 11.8. The van der Waals surface area contributed by atoms with Gasteiger partial charge in [-0.2, -0.15) is 5.10 Å². The minimum atomic E-state index is 0.667. The lowest BCUT2D eigenvalue weighted by Gasteiger charge is -2.07. The highest BCUT2D eigenvalue weighted by molar-refractivity contribution is 5.50. The highest BCUT2D eigenvalue weighted by Gasteiger charge is 2.21. The van der Waals surface area contributed by atoms with E-state index in [1.165, 1.54) is 17.7 Å². The fourth-order valence-corrected chi connectivity index (χ4v) is 2.42. The number of rotatable bonds is 2. The Balaban J connectivity index is 2.12. The third-order valence-electron chi connectivity index (χ3n) is 3.26. The lowest BCUT2D eigenvalue weighted by Crippen LogP contribution is -2.02. The van der Waals surface area contributed by atoms with E-state index in [1.54, 1.807) is 7.11 Å². The molecule has 0 unspecified atom stereocenters. The Bertz CT molecular complexity index is 560. The molecule has 0 fully saturated rings. The maximum Gasteiger partial charge on any atom is 0.149 e. The second-order valence-corrected chi connectivity index (χ2v) is 4.28. The molecule has 2 N–H and O–H groups in total. The Morgan fingerprint density at radius 2 is 2.24 bits per heavy atom. The molecule has 1 heterocycles. The average Bonchev–Trinajstić information content (AvgIpc) is 2.94. The molecule has 1 aromatic heterocycles. The van der Waals surface area contributed by atoms with E-state index >= 15 is 0 Å². The summed E-state index contributed by atoms with van der Waals surface area (Å²) in [6.45, 7) is 0. The number of hydrogen-bond acceptors (Lipinski definition) is 3. The van der Waals surface area contributed by atoms with Crippen LogP contribution >= 0.6 is 0 Å². The Labute approximate surface area is 100 Å². The van der Waals surface area contributed by atoms with Crippen molar-refractivity contribution in [1.82, 2.24) is 9.78 Å². The summed E-state index contributed by atoms with van der Waals surface area (Å²) in [5.41, 5.74) is 9.41. The molecular weight excluding hydrogens is 214 g/mol. The third-order valence-corrected chi connectivity index (χ3v) is 3.26. The van der Waals surface area contributed by atoms with Gasteiger partial charge in [-0.15, -0.1) is 0 Å². The first kappa shape index (κ1) is 10.2. The van der Waals surface area contributed by atoms with Gasteiger partial charge in [0.05, 0.1) is 12.8 Å². The molecule has 17 heavy (non-hydrogen) atoms. The highest BCUT2D eigenvalue weighted by atomic mass is 16.5. The summed E-state index contributed by atoms with van der Waals surface area (Å²) in [5.74, 6) is 1.50. The second-order valence-electron chi connectivity index (χ2n) is 4.28. The molecule has 0 bridgehead atoms. The van der Waals surface area contributed by atoms with Crippen LogP contribution in [0.25, 0.3) is 5.69 Å². The van der Waals surface area contributed by atoms with E-state index in [0.717, 1.165) is 24.3 Å². The zero-order valence-electron chi connectivity index (χ0n) is 9.81. The maximum atomic E-state index is 5.94. The topological polar surface area (TPSA) is 53.1 Å². The summed E-state index contributed by atoms with van der Waals surface area (Å²) in [5, 5.41) is 4.42. The van der Waals surface area contributed by atoms with Crippen LogP contribution in [0.1, 0.15) is 17.7 Å². The summed E-state index contributed by atoms with van der Waals surface area (Å²) < 4.78 is 7.17. The number of nitrogens with two attached hydrogens (primary N) is 1. The standard InChI is InChI=1S/C13H15N3O/c1-17-10-5-2-4-9(8-10)16-12-7-3-6-11(12)13(14)15-16/h2,4-5,8H,3,6-7H2,1H3,(H2,14,15). The molecule has 2 aromatic rings. The number of anilines is 1. The van der Waals surface area contributed by atoms with Crippen LogP contribution in [0, 0.1) is 0 Å². The molecule has 1 aliphatic carbocycles. The van der Waals surface area contributed by atoms with E-state index in [0.29, 0.717) is 5.82 Å². The summed E-state index contributed by atoms with van der Waals surface area (Å²) in [7, 11) is 1.67. The fraction of sp³-hybridized carbons (Fsp3) is 0.308. The summed E-state index contributed by atoms with van der Waals surface area (Å²) in [4.78, 5) is 0. The van der Waals surface area contributed by atoms with Crippen LogP contribution in [0.5, 0.6) is 5.75 Å². The van der Waals surface area contributed by atoms with Crippen LogP contribution in [-0.4, -0.2) is 16.9 Å². The number of nitrogen functional groups attached to an aromatic ring is 1. The van der Waals surface area contributed by atoms with Crippen molar-refractivity contribution < 1.29 is 4.74 Å². The van der Waals surface area contributed by atoms with Crippen molar-refractivity contribution in [2.24, 2.45) is 0 Å². The summed E-state index contributed by atoms with van der Waals surface area (Å²) in [6.07, 6.45) is 3.27. The van der Waals surface area contributed by atoms with Crippen molar-refractivity contribution in [3.8, 4) is 11.4 Å².